The number of hydrogen-bond donors (Lipinski definition) is 1. The molecule has 1 aliphatic heterocycles. The molecule has 132 valence electrons. The maximum absolute atomic E-state index is 12.7. The molecular formula is C18H21N3O4. The van der Waals surface area contributed by atoms with Gasteiger partial charge in [-0.05, 0) is 38.0 Å². The number of nitrogens with zero attached hydrogens (tertiary/aromatic N) is 3. The van der Waals surface area contributed by atoms with Crippen LogP contribution >= 0.6 is 0 Å². The number of piperidine rings is 1. The number of aromatic nitrogens is 2. The van der Waals surface area contributed by atoms with Gasteiger partial charge in [-0.2, -0.15) is 0 Å². The third-order valence-electron chi connectivity index (χ3n) is 4.77. The molecule has 1 fully saturated rings. The number of carboxylic acid groups (broad SMARTS) is 1. The molecule has 0 radical (unpaired) electrons. The molecule has 7 heteroatoms. The minimum absolute atomic E-state index is 0.0674. The van der Waals surface area contributed by atoms with Gasteiger partial charge in [-0.3, -0.25) is 9.59 Å². The van der Waals surface area contributed by atoms with Gasteiger partial charge in [-0.25, -0.2) is 4.79 Å². The van der Waals surface area contributed by atoms with Crippen LogP contribution in [0.3, 0.4) is 0 Å². The van der Waals surface area contributed by atoms with Crippen molar-refractivity contribution >= 4 is 17.7 Å². The number of aryl methyl sites for hydroxylation is 1. The van der Waals surface area contributed by atoms with Gasteiger partial charge in [0.25, 0.3) is 5.91 Å². The molecule has 3 rings (SSSR count). The van der Waals surface area contributed by atoms with Crippen molar-refractivity contribution < 1.29 is 19.5 Å². The summed E-state index contributed by atoms with van der Waals surface area (Å²) >= 11 is 0. The molecule has 2 aromatic rings. The molecule has 1 N–H and O–H groups in total. The second-order valence-electron chi connectivity index (χ2n) is 6.41. The number of likely N-dealkylation sites (tertiary alicyclic amines) is 1. The van der Waals surface area contributed by atoms with Gasteiger partial charge < -0.3 is 19.1 Å². The molecule has 0 unspecified atom stereocenters. The van der Waals surface area contributed by atoms with Crippen molar-refractivity contribution in [3.8, 4) is 0 Å². The van der Waals surface area contributed by atoms with Gasteiger partial charge in [-0.1, -0.05) is 0 Å². The number of rotatable bonds is 4. The summed E-state index contributed by atoms with van der Waals surface area (Å²) in [7, 11) is 1.76. The number of ketones is 1. The predicted octanol–water partition coefficient (Wildman–Crippen LogP) is 2.20. The van der Waals surface area contributed by atoms with Crippen LogP contribution in [0.5, 0.6) is 0 Å². The Morgan fingerprint density at radius 1 is 1.16 bits per heavy atom. The Labute approximate surface area is 145 Å². The number of carbonyl (C=O) groups is 3. The van der Waals surface area contributed by atoms with Crippen LogP contribution in [0.4, 0.5) is 0 Å². The Morgan fingerprint density at radius 3 is 2.40 bits per heavy atom. The summed E-state index contributed by atoms with van der Waals surface area (Å²) in [5.41, 5.74) is 1.30. The molecule has 0 spiro atoms. The zero-order valence-corrected chi connectivity index (χ0v) is 14.3. The average molecular weight is 343 g/mol. The van der Waals surface area contributed by atoms with E-state index in [2.05, 4.69) is 0 Å². The highest BCUT2D eigenvalue weighted by molar-refractivity contribution is 5.99. The first-order valence-electron chi connectivity index (χ1n) is 8.25. The topological polar surface area (TPSA) is 84.5 Å². The van der Waals surface area contributed by atoms with Crippen LogP contribution in [0.1, 0.15) is 57.1 Å². The lowest BCUT2D eigenvalue weighted by Gasteiger charge is -2.33. The minimum atomic E-state index is -0.941. The lowest BCUT2D eigenvalue weighted by atomic mass is 10.0. The van der Waals surface area contributed by atoms with E-state index in [9.17, 15) is 19.5 Å². The molecule has 1 aliphatic rings. The lowest BCUT2D eigenvalue weighted by Crippen LogP contribution is -2.40. The first-order valence-corrected chi connectivity index (χ1v) is 8.25. The highest BCUT2D eigenvalue weighted by atomic mass is 16.4. The number of Topliss-reactive ketones (excluding diaryl/α,β-unsaturated/α-hetero) is 1. The van der Waals surface area contributed by atoms with Crippen molar-refractivity contribution in [2.75, 3.05) is 13.1 Å². The molecule has 0 aromatic carbocycles. The van der Waals surface area contributed by atoms with E-state index in [1.807, 2.05) is 0 Å². The first kappa shape index (κ1) is 17.0. The summed E-state index contributed by atoms with van der Waals surface area (Å²) in [4.78, 5) is 37.2. The van der Waals surface area contributed by atoms with E-state index in [4.69, 9.17) is 0 Å². The molecule has 25 heavy (non-hydrogen) atoms. The van der Waals surface area contributed by atoms with E-state index in [-0.39, 0.29) is 23.4 Å². The van der Waals surface area contributed by atoms with Crippen LogP contribution < -0.4 is 0 Å². The largest absolute Gasteiger partial charge is 0.477 e. The number of amides is 1. The van der Waals surface area contributed by atoms with Gasteiger partial charge >= 0.3 is 5.97 Å². The van der Waals surface area contributed by atoms with Crippen molar-refractivity contribution in [3.63, 3.8) is 0 Å². The van der Waals surface area contributed by atoms with Crippen LogP contribution in [0, 0.1) is 0 Å². The third-order valence-corrected chi connectivity index (χ3v) is 4.77. The van der Waals surface area contributed by atoms with Crippen molar-refractivity contribution in [1.29, 1.82) is 0 Å². The van der Waals surface area contributed by atoms with E-state index >= 15 is 0 Å². The highest BCUT2D eigenvalue weighted by Crippen LogP contribution is 2.26. The summed E-state index contributed by atoms with van der Waals surface area (Å²) in [6.07, 6.45) is 4.85. The van der Waals surface area contributed by atoms with Crippen molar-refractivity contribution in [1.82, 2.24) is 14.0 Å². The summed E-state index contributed by atoms with van der Waals surface area (Å²) in [6.45, 7) is 2.59. The Hall–Kier alpha value is -2.83. The van der Waals surface area contributed by atoms with Gasteiger partial charge in [0, 0.05) is 44.1 Å². The Morgan fingerprint density at radius 2 is 1.84 bits per heavy atom. The lowest BCUT2D eigenvalue weighted by molar-refractivity contribution is 0.0645. The van der Waals surface area contributed by atoms with E-state index < -0.39 is 5.97 Å². The number of carbonyl (C=O) groups excluding carboxylic acids is 2. The first-order chi connectivity index (χ1) is 11.9. The summed E-state index contributed by atoms with van der Waals surface area (Å²) in [5, 5.41) is 9.24. The number of aromatic carboxylic acids is 1. The zero-order valence-electron chi connectivity index (χ0n) is 14.3. The summed E-state index contributed by atoms with van der Waals surface area (Å²) in [5.74, 6) is -1.11. The standard InChI is InChI=1S/C18H21N3O4/c1-12(22)13-10-16(19(2)11-13)17(23)20-8-5-14(6-9-20)21-7-3-4-15(21)18(24)25/h3-4,7,10-11,14H,5-6,8-9H2,1-2H3,(H,24,25). The fourth-order valence-electron chi connectivity index (χ4n) is 3.37. The van der Waals surface area contributed by atoms with Crippen LogP contribution in [0.15, 0.2) is 30.6 Å². The molecule has 2 aromatic heterocycles. The second kappa shape index (κ2) is 6.58. The van der Waals surface area contributed by atoms with E-state index in [0.29, 0.717) is 37.2 Å². The monoisotopic (exact) mass is 343 g/mol. The molecule has 0 bridgehead atoms. The van der Waals surface area contributed by atoms with E-state index in [1.54, 1.807) is 51.7 Å². The van der Waals surface area contributed by atoms with Gasteiger partial charge in [0.15, 0.2) is 5.78 Å². The smallest absolute Gasteiger partial charge is 0.352 e. The Kier molecular flexibility index (Phi) is 4.48. The maximum Gasteiger partial charge on any atom is 0.352 e. The van der Waals surface area contributed by atoms with E-state index in [0.717, 1.165) is 0 Å². The molecule has 3 heterocycles. The third kappa shape index (κ3) is 3.22. The van der Waals surface area contributed by atoms with Crippen LogP contribution in [0.2, 0.25) is 0 Å². The molecule has 7 nitrogen and oxygen atoms in total. The van der Waals surface area contributed by atoms with Crippen molar-refractivity contribution in [2.24, 2.45) is 7.05 Å². The Bertz CT molecular complexity index is 825. The second-order valence-corrected chi connectivity index (χ2v) is 6.41. The maximum atomic E-state index is 12.7. The van der Waals surface area contributed by atoms with Crippen molar-refractivity contribution in [3.05, 3.63) is 47.5 Å². The number of carboxylic acids is 1. The Balaban J connectivity index is 1.70. The molecule has 0 aliphatic carbocycles. The van der Waals surface area contributed by atoms with Gasteiger partial charge in [-0.15, -0.1) is 0 Å². The quantitative estimate of drug-likeness (QED) is 0.863. The van der Waals surface area contributed by atoms with E-state index in [1.165, 1.54) is 6.92 Å². The average Bonchev–Trinajstić information content (AvgIpc) is 3.21. The van der Waals surface area contributed by atoms with Gasteiger partial charge in [0.2, 0.25) is 0 Å². The van der Waals surface area contributed by atoms with Crippen LogP contribution in [-0.2, 0) is 7.05 Å². The normalized spacial score (nSPS) is 15.4. The molecule has 0 saturated carbocycles. The molecule has 1 amide bonds. The molecular weight excluding hydrogens is 322 g/mol. The van der Waals surface area contributed by atoms with Gasteiger partial charge in [0.05, 0.1) is 0 Å². The van der Waals surface area contributed by atoms with Gasteiger partial charge in [0.1, 0.15) is 11.4 Å². The predicted molar refractivity (Wildman–Crippen MR) is 91.0 cm³/mol. The van der Waals surface area contributed by atoms with Crippen LogP contribution in [-0.4, -0.2) is 49.9 Å². The zero-order chi connectivity index (χ0) is 18.1. The summed E-state index contributed by atoms with van der Waals surface area (Å²) in [6, 6.07) is 5.03. The van der Waals surface area contributed by atoms with Crippen molar-refractivity contribution in [2.45, 2.75) is 25.8 Å². The minimum Gasteiger partial charge on any atom is -0.477 e. The number of hydrogen-bond acceptors (Lipinski definition) is 3. The fraction of sp³-hybridized carbons (Fsp3) is 0.389. The molecule has 0 atom stereocenters. The van der Waals surface area contributed by atoms with Crippen LogP contribution in [0.25, 0.3) is 0 Å². The fourth-order valence-corrected chi connectivity index (χ4v) is 3.37. The SMILES string of the molecule is CC(=O)c1cc(C(=O)N2CCC(n3cccc3C(=O)O)CC2)n(C)c1. The molecule has 1 saturated heterocycles. The highest BCUT2D eigenvalue weighted by Gasteiger charge is 2.27. The summed E-state index contributed by atoms with van der Waals surface area (Å²) < 4.78 is 3.46.